The van der Waals surface area contributed by atoms with E-state index >= 15 is 0 Å². The third-order valence-electron chi connectivity index (χ3n) is 5.91. The molecule has 2 aromatic carbocycles. The SMILES string of the molecule is Cc1cc(C)c([C@H](C)NC(=O)[C@H]2CCCN(S(=O)(=O)c3ccc(Br)cc3)C2)cc1C. The summed E-state index contributed by atoms with van der Waals surface area (Å²) < 4.78 is 28.3. The Morgan fingerprint density at radius 2 is 1.73 bits per heavy atom. The summed E-state index contributed by atoms with van der Waals surface area (Å²) in [6, 6.07) is 10.8. The number of piperidine rings is 1. The summed E-state index contributed by atoms with van der Waals surface area (Å²) in [5.41, 5.74) is 4.67. The summed E-state index contributed by atoms with van der Waals surface area (Å²) in [5.74, 6) is -0.436. The van der Waals surface area contributed by atoms with Crippen molar-refractivity contribution in [3.8, 4) is 0 Å². The maximum absolute atomic E-state index is 13.0. The first-order valence-electron chi connectivity index (χ1n) is 10.2. The minimum Gasteiger partial charge on any atom is -0.349 e. The number of amides is 1. The van der Waals surface area contributed by atoms with Crippen LogP contribution in [0.3, 0.4) is 0 Å². The molecule has 7 heteroatoms. The molecule has 0 radical (unpaired) electrons. The van der Waals surface area contributed by atoms with Gasteiger partial charge in [-0.15, -0.1) is 0 Å². The summed E-state index contributed by atoms with van der Waals surface area (Å²) in [5, 5.41) is 3.11. The largest absolute Gasteiger partial charge is 0.349 e. The van der Waals surface area contributed by atoms with Crippen molar-refractivity contribution in [3.63, 3.8) is 0 Å². The van der Waals surface area contributed by atoms with Crippen molar-refractivity contribution in [3.05, 3.63) is 63.1 Å². The average molecular weight is 493 g/mol. The van der Waals surface area contributed by atoms with Crippen molar-refractivity contribution < 1.29 is 13.2 Å². The van der Waals surface area contributed by atoms with Crippen LogP contribution in [-0.4, -0.2) is 31.7 Å². The number of benzene rings is 2. The standard InChI is InChI=1S/C23H29BrN2O3S/c1-15-12-17(3)22(13-16(15)2)18(4)25-23(27)19-6-5-11-26(14-19)30(28,29)21-9-7-20(24)8-10-21/h7-10,12-13,18-19H,5-6,11,14H2,1-4H3,(H,25,27)/t18-,19-/m0/s1. The molecule has 5 nitrogen and oxygen atoms in total. The fourth-order valence-electron chi connectivity index (χ4n) is 3.99. The van der Waals surface area contributed by atoms with Gasteiger partial charge in [0.25, 0.3) is 0 Å². The van der Waals surface area contributed by atoms with Crippen LogP contribution in [0.25, 0.3) is 0 Å². The molecule has 1 amide bonds. The van der Waals surface area contributed by atoms with E-state index in [0.29, 0.717) is 19.4 Å². The Balaban J connectivity index is 1.71. The van der Waals surface area contributed by atoms with Crippen molar-refractivity contribution in [1.82, 2.24) is 9.62 Å². The maximum atomic E-state index is 13.0. The normalized spacial score (nSPS) is 18.8. The highest BCUT2D eigenvalue weighted by Gasteiger charge is 2.33. The predicted octanol–water partition coefficient (Wildman–Crippen LogP) is 4.65. The predicted molar refractivity (Wildman–Crippen MR) is 123 cm³/mol. The van der Waals surface area contributed by atoms with E-state index in [2.05, 4.69) is 54.2 Å². The number of carbonyl (C=O) groups excluding carboxylic acids is 1. The molecule has 3 rings (SSSR count). The van der Waals surface area contributed by atoms with Crippen molar-refractivity contribution >= 4 is 31.9 Å². The molecule has 30 heavy (non-hydrogen) atoms. The van der Waals surface area contributed by atoms with E-state index in [9.17, 15) is 13.2 Å². The molecule has 2 aromatic rings. The van der Waals surface area contributed by atoms with Crippen LogP contribution in [-0.2, 0) is 14.8 Å². The lowest BCUT2D eigenvalue weighted by Crippen LogP contribution is -2.45. The highest BCUT2D eigenvalue weighted by molar-refractivity contribution is 9.10. The number of sulfonamides is 1. The van der Waals surface area contributed by atoms with Gasteiger partial charge in [-0.1, -0.05) is 28.1 Å². The molecule has 1 N–H and O–H groups in total. The topological polar surface area (TPSA) is 66.5 Å². The van der Waals surface area contributed by atoms with Crippen LogP contribution < -0.4 is 5.32 Å². The van der Waals surface area contributed by atoms with Crippen LogP contribution in [0.2, 0.25) is 0 Å². The molecule has 0 spiro atoms. The van der Waals surface area contributed by atoms with Crippen LogP contribution in [0.5, 0.6) is 0 Å². The molecule has 1 heterocycles. The van der Waals surface area contributed by atoms with Crippen LogP contribution in [0.4, 0.5) is 0 Å². The number of hydrogen-bond donors (Lipinski definition) is 1. The first-order chi connectivity index (χ1) is 14.1. The number of nitrogens with one attached hydrogen (secondary N) is 1. The molecule has 2 atom stereocenters. The lowest BCUT2D eigenvalue weighted by Gasteiger charge is -2.32. The Morgan fingerprint density at radius 3 is 2.40 bits per heavy atom. The summed E-state index contributed by atoms with van der Waals surface area (Å²) in [6.45, 7) is 8.83. The van der Waals surface area contributed by atoms with E-state index in [0.717, 1.165) is 15.6 Å². The highest BCUT2D eigenvalue weighted by Crippen LogP contribution is 2.26. The molecular formula is C23H29BrN2O3S. The minimum absolute atomic E-state index is 0.0872. The fourth-order valence-corrected chi connectivity index (χ4v) is 5.78. The molecular weight excluding hydrogens is 464 g/mol. The van der Waals surface area contributed by atoms with Crippen molar-refractivity contribution in [1.29, 1.82) is 0 Å². The highest BCUT2D eigenvalue weighted by atomic mass is 79.9. The number of aryl methyl sites for hydroxylation is 3. The second-order valence-electron chi connectivity index (χ2n) is 8.18. The van der Waals surface area contributed by atoms with Gasteiger partial charge in [0.05, 0.1) is 16.9 Å². The Hall–Kier alpha value is -1.70. The fraction of sp³-hybridized carbons (Fsp3) is 0.435. The van der Waals surface area contributed by atoms with E-state index in [1.165, 1.54) is 15.4 Å². The number of halogens is 1. The van der Waals surface area contributed by atoms with Gasteiger partial charge >= 0.3 is 0 Å². The van der Waals surface area contributed by atoms with Gasteiger partial charge in [0.2, 0.25) is 15.9 Å². The zero-order valence-electron chi connectivity index (χ0n) is 17.9. The van der Waals surface area contributed by atoms with Gasteiger partial charge < -0.3 is 5.32 Å². The molecule has 0 unspecified atom stereocenters. The van der Waals surface area contributed by atoms with Gasteiger partial charge in [-0.3, -0.25) is 4.79 Å². The molecule has 162 valence electrons. The second-order valence-corrected chi connectivity index (χ2v) is 11.0. The quantitative estimate of drug-likeness (QED) is 0.660. The Labute approximate surface area is 188 Å². The number of rotatable bonds is 5. The third kappa shape index (κ3) is 4.95. The average Bonchev–Trinajstić information content (AvgIpc) is 2.71. The van der Waals surface area contributed by atoms with E-state index < -0.39 is 10.0 Å². The molecule has 0 aliphatic carbocycles. The Kier molecular flexibility index (Phi) is 7.05. The third-order valence-corrected chi connectivity index (χ3v) is 8.32. The first-order valence-corrected chi connectivity index (χ1v) is 12.5. The number of nitrogens with zero attached hydrogens (tertiary/aromatic N) is 1. The maximum Gasteiger partial charge on any atom is 0.243 e. The second kappa shape index (κ2) is 9.20. The molecule has 0 aromatic heterocycles. The lowest BCUT2D eigenvalue weighted by atomic mass is 9.95. The summed E-state index contributed by atoms with van der Waals surface area (Å²) >= 11 is 3.33. The first kappa shape index (κ1) is 23.0. The van der Waals surface area contributed by atoms with Crippen molar-refractivity contribution in [2.45, 2.75) is 51.5 Å². The Morgan fingerprint density at radius 1 is 1.10 bits per heavy atom. The van der Waals surface area contributed by atoms with Gasteiger partial charge in [-0.25, -0.2) is 8.42 Å². The van der Waals surface area contributed by atoms with E-state index in [1.807, 2.05) is 6.92 Å². The Bertz CT molecular complexity index is 1040. The minimum atomic E-state index is -3.61. The molecule has 0 bridgehead atoms. The lowest BCUT2D eigenvalue weighted by molar-refractivity contribution is -0.126. The summed E-state index contributed by atoms with van der Waals surface area (Å²) in [4.78, 5) is 13.2. The van der Waals surface area contributed by atoms with Gasteiger partial charge in [0.15, 0.2) is 0 Å². The molecule has 1 saturated heterocycles. The van der Waals surface area contributed by atoms with Gasteiger partial charge in [-0.05, 0) is 87.1 Å². The zero-order valence-corrected chi connectivity index (χ0v) is 20.3. The van der Waals surface area contributed by atoms with E-state index in [1.54, 1.807) is 24.3 Å². The zero-order chi connectivity index (χ0) is 22.1. The number of carbonyl (C=O) groups is 1. The van der Waals surface area contributed by atoms with Gasteiger partial charge in [0.1, 0.15) is 0 Å². The monoisotopic (exact) mass is 492 g/mol. The molecule has 1 aliphatic rings. The van der Waals surface area contributed by atoms with Crippen LogP contribution >= 0.6 is 15.9 Å². The van der Waals surface area contributed by atoms with Crippen molar-refractivity contribution in [2.24, 2.45) is 5.92 Å². The number of hydrogen-bond acceptors (Lipinski definition) is 3. The van der Waals surface area contributed by atoms with E-state index in [4.69, 9.17) is 0 Å². The summed E-state index contributed by atoms with van der Waals surface area (Å²) in [7, 11) is -3.61. The molecule has 0 saturated carbocycles. The van der Waals surface area contributed by atoms with E-state index in [-0.39, 0.29) is 29.3 Å². The van der Waals surface area contributed by atoms with Crippen molar-refractivity contribution in [2.75, 3.05) is 13.1 Å². The van der Waals surface area contributed by atoms with Crippen LogP contribution in [0, 0.1) is 26.7 Å². The van der Waals surface area contributed by atoms with Gasteiger partial charge in [0, 0.05) is 17.6 Å². The smallest absolute Gasteiger partial charge is 0.243 e. The van der Waals surface area contributed by atoms with Crippen LogP contribution in [0.1, 0.15) is 48.1 Å². The van der Waals surface area contributed by atoms with Gasteiger partial charge in [-0.2, -0.15) is 4.31 Å². The van der Waals surface area contributed by atoms with Crippen LogP contribution in [0.15, 0.2) is 45.8 Å². The molecule has 1 fully saturated rings. The molecule has 1 aliphatic heterocycles. The summed E-state index contributed by atoms with van der Waals surface area (Å²) in [6.07, 6.45) is 1.36.